The Bertz CT molecular complexity index is 1410. The van der Waals surface area contributed by atoms with Gasteiger partial charge in [0.1, 0.15) is 0 Å². The van der Waals surface area contributed by atoms with Gasteiger partial charge >= 0.3 is 5.69 Å². The van der Waals surface area contributed by atoms with Crippen LogP contribution in [-0.2, 0) is 13.1 Å². The van der Waals surface area contributed by atoms with Crippen LogP contribution < -0.4 is 11.2 Å². The second kappa shape index (κ2) is 8.26. The first-order valence-corrected chi connectivity index (χ1v) is 10.4. The molecule has 0 amide bonds. The number of imidazole rings is 1. The highest BCUT2D eigenvalue weighted by molar-refractivity contribution is 5.72. The van der Waals surface area contributed by atoms with Crippen molar-refractivity contribution in [3.63, 3.8) is 0 Å². The van der Waals surface area contributed by atoms with Gasteiger partial charge in [-0.1, -0.05) is 38.1 Å². The van der Waals surface area contributed by atoms with Gasteiger partial charge in [0.2, 0.25) is 0 Å². The smallest absolute Gasteiger partial charge is 0.320 e. The maximum absolute atomic E-state index is 13.1. The summed E-state index contributed by atoms with van der Waals surface area (Å²) in [6.45, 7) is 6.45. The third-order valence-electron chi connectivity index (χ3n) is 5.53. The lowest BCUT2D eigenvalue weighted by Crippen LogP contribution is -2.39. The molecule has 9 nitrogen and oxygen atoms in total. The molecule has 164 valence electrons. The normalized spacial score (nSPS) is 11.4. The molecular formula is C23H23N5O4. The molecule has 4 aromatic rings. The Labute approximate surface area is 183 Å². The third kappa shape index (κ3) is 3.62. The number of nitrogens with zero attached hydrogens (tertiary/aromatic N) is 5. The van der Waals surface area contributed by atoms with E-state index in [2.05, 4.69) is 18.8 Å². The predicted molar refractivity (Wildman–Crippen MR) is 122 cm³/mol. The highest BCUT2D eigenvalue weighted by atomic mass is 16.6. The number of hydrogen-bond acceptors (Lipinski definition) is 5. The first-order chi connectivity index (χ1) is 15.3. The Morgan fingerprint density at radius 3 is 2.25 bits per heavy atom. The molecule has 0 aliphatic heterocycles. The van der Waals surface area contributed by atoms with E-state index in [4.69, 9.17) is 0 Å². The van der Waals surface area contributed by atoms with Gasteiger partial charge in [0.15, 0.2) is 11.2 Å². The summed E-state index contributed by atoms with van der Waals surface area (Å²) in [6.07, 6.45) is 1.52. The molecule has 0 spiro atoms. The van der Waals surface area contributed by atoms with Crippen molar-refractivity contribution in [2.45, 2.75) is 39.8 Å². The van der Waals surface area contributed by atoms with E-state index >= 15 is 0 Å². The molecule has 32 heavy (non-hydrogen) atoms. The maximum Gasteiger partial charge on any atom is 0.337 e. The Balaban J connectivity index is 1.87. The summed E-state index contributed by atoms with van der Waals surface area (Å²) in [6, 6.07) is 13.8. The second-order valence-electron chi connectivity index (χ2n) is 7.88. The molecule has 0 N–H and O–H groups in total. The summed E-state index contributed by atoms with van der Waals surface area (Å²) in [7, 11) is 0. The quantitative estimate of drug-likeness (QED) is 0.342. The van der Waals surface area contributed by atoms with E-state index in [9.17, 15) is 19.7 Å². The van der Waals surface area contributed by atoms with E-state index in [0.29, 0.717) is 17.1 Å². The van der Waals surface area contributed by atoms with E-state index in [0.717, 1.165) is 11.1 Å². The lowest BCUT2D eigenvalue weighted by atomic mass is 10.0. The number of non-ortho nitro benzene ring substituents is 1. The summed E-state index contributed by atoms with van der Waals surface area (Å²) in [5.74, 6) is 0.353. The van der Waals surface area contributed by atoms with Crippen molar-refractivity contribution in [3.05, 3.63) is 96.9 Å². The molecule has 0 aliphatic rings. The zero-order chi connectivity index (χ0) is 23.0. The fourth-order valence-corrected chi connectivity index (χ4v) is 3.74. The Kier molecular flexibility index (Phi) is 5.48. The van der Waals surface area contributed by atoms with Gasteiger partial charge in [0.25, 0.3) is 11.2 Å². The minimum absolute atomic E-state index is 0.00346. The monoisotopic (exact) mass is 433 g/mol. The van der Waals surface area contributed by atoms with Crippen molar-refractivity contribution in [1.29, 1.82) is 0 Å². The van der Waals surface area contributed by atoms with Crippen LogP contribution in [0.3, 0.4) is 0 Å². The van der Waals surface area contributed by atoms with Crippen LogP contribution in [0.5, 0.6) is 0 Å². The molecule has 0 saturated heterocycles. The number of fused-ring (bicyclic) bond motifs is 1. The van der Waals surface area contributed by atoms with E-state index in [1.165, 1.54) is 27.6 Å². The van der Waals surface area contributed by atoms with Crippen LogP contribution >= 0.6 is 0 Å². The average molecular weight is 433 g/mol. The van der Waals surface area contributed by atoms with Gasteiger partial charge in [-0.2, -0.15) is 0 Å². The lowest BCUT2D eigenvalue weighted by molar-refractivity contribution is -0.384. The molecule has 0 unspecified atom stereocenters. The molecule has 4 rings (SSSR count). The molecular weight excluding hydrogens is 410 g/mol. The number of nitro benzene ring substituents is 1. The number of benzene rings is 2. The van der Waals surface area contributed by atoms with Gasteiger partial charge in [-0.15, -0.1) is 0 Å². The Hall–Kier alpha value is -4.01. The lowest BCUT2D eigenvalue weighted by Gasteiger charge is -2.13. The van der Waals surface area contributed by atoms with Crippen molar-refractivity contribution >= 4 is 16.9 Å². The molecule has 0 radical (unpaired) electrons. The minimum Gasteiger partial charge on any atom is -0.320 e. The summed E-state index contributed by atoms with van der Waals surface area (Å²) in [4.78, 5) is 41.1. The van der Waals surface area contributed by atoms with Crippen LogP contribution in [0.1, 0.15) is 37.8 Å². The van der Waals surface area contributed by atoms with E-state index < -0.39 is 16.2 Å². The molecule has 0 aliphatic carbocycles. The zero-order valence-corrected chi connectivity index (χ0v) is 18.1. The molecule has 0 atom stereocenters. The van der Waals surface area contributed by atoms with Crippen LogP contribution in [0.2, 0.25) is 0 Å². The topological polar surface area (TPSA) is 105 Å². The van der Waals surface area contributed by atoms with Crippen molar-refractivity contribution in [2.24, 2.45) is 0 Å². The summed E-state index contributed by atoms with van der Waals surface area (Å²) < 4.78 is 4.31. The molecule has 2 aromatic carbocycles. The van der Waals surface area contributed by atoms with Crippen LogP contribution in [-0.4, -0.2) is 23.6 Å². The van der Waals surface area contributed by atoms with Crippen LogP contribution in [0.15, 0.2) is 64.4 Å². The highest BCUT2D eigenvalue weighted by Crippen LogP contribution is 2.19. The highest BCUT2D eigenvalue weighted by Gasteiger charge is 2.19. The van der Waals surface area contributed by atoms with Gasteiger partial charge in [-0.25, -0.2) is 14.3 Å². The second-order valence-corrected chi connectivity index (χ2v) is 7.88. The van der Waals surface area contributed by atoms with Crippen LogP contribution in [0.25, 0.3) is 16.9 Å². The number of hydrogen-bond donors (Lipinski definition) is 0. The Morgan fingerprint density at radius 1 is 1.03 bits per heavy atom. The molecule has 0 bridgehead atoms. The zero-order valence-electron chi connectivity index (χ0n) is 18.1. The van der Waals surface area contributed by atoms with Crippen molar-refractivity contribution in [2.75, 3.05) is 0 Å². The number of nitro groups is 1. The van der Waals surface area contributed by atoms with E-state index in [1.807, 2.05) is 24.3 Å². The number of rotatable bonds is 6. The SMILES string of the molecule is CCn1c(=O)c2c(ncn2Cc2ccc([N+](=O)[O-])cc2)n(-c2ccc(C(C)C)cc2)c1=O. The molecule has 2 aromatic heterocycles. The fourth-order valence-electron chi connectivity index (χ4n) is 3.74. The summed E-state index contributed by atoms with van der Waals surface area (Å²) >= 11 is 0. The predicted octanol–water partition coefficient (Wildman–Crippen LogP) is 3.45. The maximum atomic E-state index is 13.1. The molecule has 2 heterocycles. The van der Waals surface area contributed by atoms with Gasteiger partial charge in [0, 0.05) is 25.2 Å². The first-order valence-electron chi connectivity index (χ1n) is 10.4. The molecule has 0 fully saturated rings. The van der Waals surface area contributed by atoms with Crippen molar-refractivity contribution in [1.82, 2.24) is 18.7 Å². The largest absolute Gasteiger partial charge is 0.337 e. The fraction of sp³-hybridized carbons (Fsp3) is 0.261. The van der Waals surface area contributed by atoms with Gasteiger partial charge in [0.05, 0.1) is 16.9 Å². The average Bonchev–Trinajstić information content (AvgIpc) is 3.18. The van der Waals surface area contributed by atoms with Crippen LogP contribution in [0, 0.1) is 10.1 Å². The summed E-state index contributed by atoms with van der Waals surface area (Å²) in [5, 5.41) is 10.9. The van der Waals surface area contributed by atoms with Crippen LogP contribution in [0.4, 0.5) is 5.69 Å². The summed E-state index contributed by atoms with van der Waals surface area (Å²) in [5.41, 5.74) is 2.27. The Morgan fingerprint density at radius 2 is 1.69 bits per heavy atom. The van der Waals surface area contributed by atoms with Gasteiger partial charge in [-0.05, 0) is 36.1 Å². The standard InChI is InChI=1S/C23H23N5O4/c1-4-26-22(29)20-21(27(23(26)30)18-11-7-17(8-12-18)15(2)3)24-14-25(20)13-16-5-9-19(10-6-16)28(31)32/h5-12,14-15H,4,13H2,1-3H3. The first kappa shape index (κ1) is 21.2. The van der Waals surface area contributed by atoms with Gasteiger partial charge < -0.3 is 4.57 Å². The van der Waals surface area contributed by atoms with Crippen molar-refractivity contribution < 1.29 is 4.92 Å². The minimum atomic E-state index is -0.459. The number of aromatic nitrogens is 4. The van der Waals surface area contributed by atoms with Gasteiger partial charge in [-0.3, -0.25) is 19.5 Å². The van der Waals surface area contributed by atoms with E-state index in [1.54, 1.807) is 23.6 Å². The molecule has 0 saturated carbocycles. The molecule has 9 heteroatoms. The van der Waals surface area contributed by atoms with E-state index in [-0.39, 0.29) is 24.4 Å². The third-order valence-corrected chi connectivity index (χ3v) is 5.53. The van der Waals surface area contributed by atoms with Crippen molar-refractivity contribution in [3.8, 4) is 5.69 Å².